The molecule has 0 aliphatic carbocycles. The number of aromatic nitrogens is 3. The van der Waals surface area contributed by atoms with E-state index in [4.69, 9.17) is 0 Å². The number of hydrogen-bond acceptors (Lipinski definition) is 3. The van der Waals surface area contributed by atoms with Crippen LogP contribution in [0.5, 0.6) is 0 Å². The molecule has 1 amide bonds. The van der Waals surface area contributed by atoms with Crippen molar-refractivity contribution in [3.05, 3.63) is 65.2 Å². The maximum atomic E-state index is 14.6. The minimum atomic E-state index is -0.635. The molecule has 134 valence electrons. The normalized spacial score (nSPS) is 10.8. The first-order chi connectivity index (χ1) is 12.5. The van der Waals surface area contributed by atoms with E-state index in [1.54, 1.807) is 28.9 Å². The summed E-state index contributed by atoms with van der Waals surface area (Å²) < 4.78 is 16.3. The van der Waals surface area contributed by atoms with E-state index in [0.29, 0.717) is 23.4 Å². The molecule has 0 spiro atoms. The van der Waals surface area contributed by atoms with E-state index in [9.17, 15) is 9.18 Å². The molecule has 1 N–H and O–H groups in total. The monoisotopic (exact) mass is 352 g/mol. The van der Waals surface area contributed by atoms with Gasteiger partial charge in [0.2, 0.25) is 5.95 Å². The minimum Gasteiger partial charge on any atom is -0.306 e. The van der Waals surface area contributed by atoms with Crippen molar-refractivity contribution >= 4 is 11.7 Å². The van der Waals surface area contributed by atoms with E-state index in [1.807, 2.05) is 39.0 Å². The van der Waals surface area contributed by atoms with Gasteiger partial charge in [0.15, 0.2) is 0 Å². The molecule has 26 heavy (non-hydrogen) atoms. The Morgan fingerprint density at radius 1 is 1.15 bits per heavy atom. The SMILES string of the molecule is CCc1cc(-c2ccc(NC(=O)c3ccc(C)cc3)nc2F)n(CC)n1. The summed E-state index contributed by atoms with van der Waals surface area (Å²) in [6.07, 6.45) is 0.778. The summed E-state index contributed by atoms with van der Waals surface area (Å²) in [4.78, 5) is 16.1. The Morgan fingerprint density at radius 2 is 1.88 bits per heavy atom. The van der Waals surface area contributed by atoms with Crippen LogP contribution in [0.4, 0.5) is 10.2 Å². The Bertz CT molecular complexity index is 931. The predicted molar refractivity (Wildman–Crippen MR) is 99.6 cm³/mol. The molecule has 3 rings (SSSR count). The minimum absolute atomic E-state index is 0.176. The number of rotatable bonds is 5. The van der Waals surface area contributed by atoms with Crippen molar-refractivity contribution in [1.82, 2.24) is 14.8 Å². The van der Waals surface area contributed by atoms with Gasteiger partial charge in [0.1, 0.15) is 5.82 Å². The van der Waals surface area contributed by atoms with Crippen molar-refractivity contribution in [1.29, 1.82) is 0 Å². The smallest absolute Gasteiger partial charge is 0.256 e. The van der Waals surface area contributed by atoms with E-state index in [-0.39, 0.29) is 11.7 Å². The first-order valence-corrected chi connectivity index (χ1v) is 8.63. The fourth-order valence-corrected chi connectivity index (χ4v) is 2.69. The third-order valence-corrected chi connectivity index (χ3v) is 4.17. The number of halogens is 1. The van der Waals surface area contributed by atoms with Crippen molar-refractivity contribution in [2.75, 3.05) is 5.32 Å². The first-order valence-electron chi connectivity index (χ1n) is 8.63. The number of carbonyl (C=O) groups is 1. The van der Waals surface area contributed by atoms with Crippen LogP contribution in [0.15, 0.2) is 42.5 Å². The second kappa shape index (κ2) is 7.47. The van der Waals surface area contributed by atoms with Gasteiger partial charge in [0.05, 0.1) is 17.0 Å². The quantitative estimate of drug-likeness (QED) is 0.699. The van der Waals surface area contributed by atoms with E-state index in [1.165, 1.54) is 0 Å². The highest BCUT2D eigenvalue weighted by molar-refractivity contribution is 6.03. The van der Waals surface area contributed by atoms with Crippen LogP contribution in [0.2, 0.25) is 0 Å². The number of pyridine rings is 1. The molecule has 0 saturated carbocycles. The topological polar surface area (TPSA) is 59.8 Å². The second-order valence-electron chi connectivity index (χ2n) is 6.05. The Balaban J connectivity index is 1.84. The molecule has 5 nitrogen and oxygen atoms in total. The molecular formula is C20H21FN4O. The summed E-state index contributed by atoms with van der Waals surface area (Å²) in [5.74, 6) is -0.782. The van der Waals surface area contributed by atoms with Gasteiger partial charge >= 0.3 is 0 Å². The van der Waals surface area contributed by atoms with Gasteiger partial charge < -0.3 is 5.32 Å². The van der Waals surface area contributed by atoms with Crippen LogP contribution in [0.3, 0.4) is 0 Å². The summed E-state index contributed by atoms with van der Waals surface area (Å²) in [5.41, 5.74) is 3.52. The number of aryl methyl sites for hydroxylation is 3. The van der Waals surface area contributed by atoms with Gasteiger partial charge in [-0.15, -0.1) is 0 Å². The Hall–Kier alpha value is -3.02. The van der Waals surface area contributed by atoms with Gasteiger partial charge in [-0.2, -0.15) is 9.49 Å². The zero-order valence-electron chi connectivity index (χ0n) is 15.1. The molecule has 6 heteroatoms. The number of benzene rings is 1. The maximum Gasteiger partial charge on any atom is 0.256 e. The third-order valence-electron chi connectivity index (χ3n) is 4.17. The maximum absolute atomic E-state index is 14.6. The van der Waals surface area contributed by atoms with E-state index in [0.717, 1.165) is 17.7 Å². The summed E-state index contributed by atoms with van der Waals surface area (Å²) >= 11 is 0. The molecule has 1 aromatic carbocycles. The predicted octanol–water partition coefficient (Wildman–Crippen LogP) is 4.23. The van der Waals surface area contributed by atoms with Gasteiger partial charge in [0.25, 0.3) is 5.91 Å². The van der Waals surface area contributed by atoms with Crippen molar-refractivity contribution < 1.29 is 9.18 Å². The van der Waals surface area contributed by atoms with Crippen LogP contribution >= 0.6 is 0 Å². The number of nitrogens with zero attached hydrogens (tertiary/aromatic N) is 3. The van der Waals surface area contributed by atoms with E-state index < -0.39 is 5.95 Å². The molecule has 2 heterocycles. The number of carbonyl (C=O) groups excluding carboxylic acids is 1. The van der Waals surface area contributed by atoms with E-state index in [2.05, 4.69) is 15.4 Å². The average Bonchev–Trinajstić information content (AvgIpc) is 3.05. The van der Waals surface area contributed by atoms with Crippen molar-refractivity contribution in [2.45, 2.75) is 33.7 Å². The molecule has 0 fully saturated rings. The molecular weight excluding hydrogens is 331 g/mol. The van der Waals surface area contributed by atoms with Crippen LogP contribution in [0, 0.1) is 12.9 Å². The third kappa shape index (κ3) is 3.64. The number of nitrogens with one attached hydrogen (secondary N) is 1. The molecule has 0 radical (unpaired) electrons. The largest absolute Gasteiger partial charge is 0.306 e. The lowest BCUT2D eigenvalue weighted by molar-refractivity contribution is 0.102. The zero-order chi connectivity index (χ0) is 18.7. The van der Waals surface area contributed by atoms with Crippen molar-refractivity contribution in [3.8, 4) is 11.3 Å². The summed E-state index contributed by atoms with van der Waals surface area (Å²) in [7, 11) is 0. The molecule has 2 aromatic heterocycles. The van der Waals surface area contributed by atoms with Crippen molar-refractivity contribution in [2.24, 2.45) is 0 Å². The lowest BCUT2D eigenvalue weighted by atomic mass is 10.1. The summed E-state index contributed by atoms with van der Waals surface area (Å²) in [6, 6.07) is 12.2. The number of anilines is 1. The van der Waals surface area contributed by atoms with Gasteiger partial charge in [-0.05, 0) is 50.6 Å². The molecule has 0 saturated heterocycles. The number of hydrogen-bond donors (Lipinski definition) is 1. The van der Waals surface area contributed by atoms with Gasteiger partial charge in [0, 0.05) is 12.1 Å². The first kappa shape index (κ1) is 17.8. The van der Waals surface area contributed by atoms with Gasteiger partial charge in [-0.1, -0.05) is 24.6 Å². The van der Waals surface area contributed by atoms with Gasteiger partial charge in [-0.25, -0.2) is 4.98 Å². The standard InChI is InChI=1S/C20H21FN4O/c1-4-15-12-17(25(5-2)24-15)16-10-11-18(22-19(16)21)23-20(26)14-8-6-13(3)7-9-14/h6-12H,4-5H2,1-3H3,(H,22,23,26). The molecule has 0 atom stereocenters. The molecule has 0 bridgehead atoms. The van der Waals surface area contributed by atoms with Crippen LogP contribution in [-0.2, 0) is 13.0 Å². The molecule has 0 unspecified atom stereocenters. The fraction of sp³-hybridized carbons (Fsp3) is 0.250. The van der Waals surface area contributed by atoms with Crippen LogP contribution in [0.25, 0.3) is 11.3 Å². The fourth-order valence-electron chi connectivity index (χ4n) is 2.69. The molecule has 0 aliphatic rings. The zero-order valence-corrected chi connectivity index (χ0v) is 15.1. The van der Waals surface area contributed by atoms with Crippen LogP contribution < -0.4 is 5.32 Å². The highest BCUT2D eigenvalue weighted by atomic mass is 19.1. The summed E-state index contributed by atoms with van der Waals surface area (Å²) in [6.45, 7) is 6.55. The van der Waals surface area contributed by atoms with Crippen LogP contribution in [-0.4, -0.2) is 20.7 Å². The second-order valence-corrected chi connectivity index (χ2v) is 6.05. The highest BCUT2D eigenvalue weighted by Gasteiger charge is 2.15. The molecule has 3 aromatic rings. The lowest BCUT2D eigenvalue weighted by Gasteiger charge is -2.08. The van der Waals surface area contributed by atoms with Crippen LogP contribution in [0.1, 0.15) is 35.5 Å². The summed E-state index contributed by atoms with van der Waals surface area (Å²) in [5, 5.41) is 7.06. The lowest BCUT2D eigenvalue weighted by Crippen LogP contribution is -2.13. The van der Waals surface area contributed by atoms with E-state index >= 15 is 0 Å². The van der Waals surface area contributed by atoms with Gasteiger partial charge in [-0.3, -0.25) is 9.48 Å². The number of amides is 1. The molecule has 0 aliphatic heterocycles. The Kier molecular flexibility index (Phi) is 5.11. The highest BCUT2D eigenvalue weighted by Crippen LogP contribution is 2.24. The Morgan fingerprint density at radius 3 is 2.50 bits per heavy atom. The van der Waals surface area contributed by atoms with Crippen molar-refractivity contribution in [3.63, 3.8) is 0 Å². The average molecular weight is 352 g/mol. The Labute approximate surface area is 151 Å².